The molecule has 0 N–H and O–H groups in total. The Bertz CT molecular complexity index is 2350. The van der Waals surface area contributed by atoms with Crippen LogP contribution in [0.25, 0.3) is 76.8 Å². The molecule has 0 bridgehead atoms. The Balaban J connectivity index is 1.22. The summed E-state index contributed by atoms with van der Waals surface area (Å²) in [6, 6.07) is 40.6. The van der Waals surface area contributed by atoms with Crippen LogP contribution in [0.3, 0.4) is 0 Å². The largest absolute Gasteiger partial charge is 0.265 e. The van der Waals surface area contributed by atoms with Crippen molar-refractivity contribution in [3.05, 3.63) is 145 Å². The van der Waals surface area contributed by atoms with Crippen LogP contribution >= 0.6 is 0 Å². The molecular weight excluding hydrogens is 520 g/mol. The predicted octanol–water partition coefficient (Wildman–Crippen LogP) is 10.7. The van der Waals surface area contributed by atoms with E-state index in [2.05, 4.69) is 127 Å². The monoisotopic (exact) mass is 548 g/mol. The summed E-state index contributed by atoms with van der Waals surface area (Å²) in [6.45, 7) is 4.73. The summed E-state index contributed by atoms with van der Waals surface area (Å²) in [6.07, 6.45) is 7.53. The second-order valence-electron chi connectivity index (χ2n) is 12.3. The van der Waals surface area contributed by atoms with Crippen molar-refractivity contribution in [1.29, 1.82) is 0 Å². The standard InChI is InChI=1S/C41H28N2/c1-41(2)37-22-28(25-17-20-42-21-18-25)9-13-33(37)34-14-10-29(23-38(34)41)31-11-5-26-8-16-36-32(30-4-3-19-43-24-30)12-6-27-7-15-35(31)39(26)40(27)36/h3-24H,1-2H3. The molecule has 0 aliphatic heterocycles. The number of aromatic nitrogens is 2. The van der Waals surface area contributed by atoms with Gasteiger partial charge in [0.05, 0.1) is 0 Å². The molecule has 2 aromatic heterocycles. The van der Waals surface area contributed by atoms with E-state index in [0.29, 0.717) is 0 Å². The van der Waals surface area contributed by atoms with Gasteiger partial charge in [0.1, 0.15) is 0 Å². The Hall–Kier alpha value is -5.34. The van der Waals surface area contributed by atoms with Crippen LogP contribution in [0, 0.1) is 0 Å². The second kappa shape index (κ2) is 8.83. The first-order chi connectivity index (χ1) is 21.1. The minimum absolute atomic E-state index is 0.105. The zero-order valence-electron chi connectivity index (χ0n) is 24.1. The molecule has 8 aromatic rings. The lowest BCUT2D eigenvalue weighted by atomic mass is 9.80. The highest BCUT2D eigenvalue weighted by molar-refractivity contribution is 6.27. The average molecular weight is 549 g/mol. The van der Waals surface area contributed by atoms with Gasteiger partial charge in [0.25, 0.3) is 0 Å². The van der Waals surface area contributed by atoms with Crippen LogP contribution in [-0.4, -0.2) is 9.97 Å². The van der Waals surface area contributed by atoms with E-state index in [9.17, 15) is 0 Å². The summed E-state index contributed by atoms with van der Waals surface area (Å²) < 4.78 is 0. The molecule has 9 rings (SSSR count). The molecular formula is C41H28N2. The average Bonchev–Trinajstić information content (AvgIpc) is 3.29. The van der Waals surface area contributed by atoms with Crippen LogP contribution < -0.4 is 0 Å². The molecule has 43 heavy (non-hydrogen) atoms. The Kier molecular flexibility index (Phi) is 4.99. The van der Waals surface area contributed by atoms with E-state index in [1.807, 2.05) is 30.9 Å². The van der Waals surface area contributed by atoms with Gasteiger partial charge in [0, 0.05) is 35.8 Å². The minimum Gasteiger partial charge on any atom is -0.265 e. The van der Waals surface area contributed by atoms with Crippen molar-refractivity contribution in [3.63, 3.8) is 0 Å². The van der Waals surface area contributed by atoms with Crippen LogP contribution in [0.4, 0.5) is 0 Å². The highest BCUT2D eigenvalue weighted by atomic mass is 14.6. The summed E-state index contributed by atoms with van der Waals surface area (Å²) in [5.41, 5.74) is 12.7. The van der Waals surface area contributed by atoms with E-state index in [0.717, 1.165) is 5.56 Å². The van der Waals surface area contributed by atoms with E-state index in [4.69, 9.17) is 0 Å². The van der Waals surface area contributed by atoms with Crippen LogP contribution in [-0.2, 0) is 5.41 Å². The zero-order valence-corrected chi connectivity index (χ0v) is 24.1. The molecule has 1 aliphatic rings. The van der Waals surface area contributed by atoms with Gasteiger partial charge in [-0.2, -0.15) is 0 Å². The maximum Gasteiger partial charge on any atom is 0.0346 e. The van der Waals surface area contributed by atoms with Gasteiger partial charge in [-0.05, 0) is 113 Å². The number of hydrogen-bond donors (Lipinski definition) is 0. The van der Waals surface area contributed by atoms with Crippen molar-refractivity contribution in [2.24, 2.45) is 0 Å². The molecule has 0 fully saturated rings. The first-order valence-electron chi connectivity index (χ1n) is 14.9. The molecule has 6 aromatic carbocycles. The third-order valence-corrected chi connectivity index (χ3v) is 9.64. The summed E-state index contributed by atoms with van der Waals surface area (Å²) in [7, 11) is 0. The molecule has 1 aliphatic carbocycles. The van der Waals surface area contributed by atoms with Crippen LogP contribution in [0.2, 0.25) is 0 Å². The fourth-order valence-electron chi connectivity index (χ4n) is 7.46. The maximum absolute atomic E-state index is 4.40. The Morgan fingerprint density at radius 3 is 1.63 bits per heavy atom. The predicted molar refractivity (Wildman–Crippen MR) is 180 cm³/mol. The lowest BCUT2D eigenvalue weighted by molar-refractivity contribution is 0.661. The highest BCUT2D eigenvalue weighted by Crippen LogP contribution is 2.51. The summed E-state index contributed by atoms with van der Waals surface area (Å²) in [5.74, 6) is 0. The topological polar surface area (TPSA) is 25.8 Å². The van der Waals surface area contributed by atoms with Crippen molar-refractivity contribution in [1.82, 2.24) is 9.97 Å². The van der Waals surface area contributed by atoms with Gasteiger partial charge in [-0.25, -0.2) is 0 Å². The van der Waals surface area contributed by atoms with Gasteiger partial charge < -0.3 is 0 Å². The lowest BCUT2D eigenvalue weighted by Gasteiger charge is -2.23. The Morgan fingerprint density at radius 2 is 1.00 bits per heavy atom. The number of fused-ring (bicyclic) bond motifs is 3. The van der Waals surface area contributed by atoms with Crippen molar-refractivity contribution >= 4 is 32.3 Å². The molecule has 0 amide bonds. The number of hydrogen-bond acceptors (Lipinski definition) is 2. The Labute approximate surface area is 250 Å². The summed E-state index contributed by atoms with van der Waals surface area (Å²) in [4.78, 5) is 8.60. The van der Waals surface area contributed by atoms with Crippen molar-refractivity contribution in [2.45, 2.75) is 19.3 Å². The zero-order chi connectivity index (χ0) is 28.7. The molecule has 2 heteroatoms. The van der Waals surface area contributed by atoms with E-state index in [1.54, 1.807) is 0 Å². The van der Waals surface area contributed by atoms with Gasteiger partial charge in [0.2, 0.25) is 0 Å². The van der Waals surface area contributed by atoms with Crippen molar-refractivity contribution in [2.75, 3.05) is 0 Å². The lowest BCUT2D eigenvalue weighted by Crippen LogP contribution is -2.15. The summed E-state index contributed by atoms with van der Waals surface area (Å²) in [5, 5.41) is 7.79. The molecule has 0 saturated carbocycles. The number of rotatable bonds is 3. The van der Waals surface area contributed by atoms with Crippen molar-refractivity contribution < 1.29 is 0 Å². The van der Waals surface area contributed by atoms with Gasteiger partial charge in [-0.15, -0.1) is 0 Å². The SMILES string of the molecule is CC1(C)c2cc(-c3ccncc3)ccc2-c2ccc(-c3ccc4ccc5c(-c6cccnc6)ccc6ccc3c4c65)cc21. The highest BCUT2D eigenvalue weighted by Gasteiger charge is 2.36. The van der Waals surface area contributed by atoms with Crippen LogP contribution in [0.1, 0.15) is 25.0 Å². The normalized spacial score (nSPS) is 13.5. The maximum atomic E-state index is 4.40. The smallest absolute Gasteiger partial charge is 0.0346 e. The minimum atomic E-state index is -0.105. The third kappa shape index (κ3) is 3.47. The third-order valence-electron chi connectivity index (χ3n) is 9.64. The van der Waals surface area contributed by atoms with Gasteiger partial charge in [0.15, 0.2) is 0 Å². The molecule has 2 heterocycles. The molecule has 202 valence electrons. The molecule has 0 spiro atoms. The van der Waals surface area contributed by atoms with Crippen molar-refractivity contribution in [3.8, 4) is 44.5 Å². The number of nitrogens with zero attached hydrogens (tertiary/aromatic N) is 2. The molecule has 2 nitrogen and oxygen atoms in total. The molecule has 0 saturated heterocycles. The number of pyridine rings is 2. The number of benzene rings is 6. The van der Waals surface area contributed by atoms with Crippen LogP contribution in [0.15, 0.2) is 134 Å². The quantitative estimate of drug-likeness (QED) is 0.205. The second-order valence-corrected chi connectivity index (χ2v) is 12.3. The van der Waals surface area contributed by atoms with Gasteiger partial charge >= 0.3 is 0 Å². The first kappa shape index (κ1) is 24.3. The summed E-state index contributed by atoms with van der Waals surface area (Å²) >= 11 is 0. The molecule has 0 unspecified atom stereocenters. The Morgan fingerprint density at radius 1 is 0.442 bits per heavy atom. The van der Waals surface area contributed by atoms with E-state index >= 15 is 0 Å². The van der Waals surface area contributed by atoms with E-state index < -0.39 is 0 Å². The molecule has 0 radical (unpaired) electrons. The van der Waals surface area contributed by atoms with Gasteiger partial charge in [-0.1, -0.05) is 92.7 Å². The van der Waals surface area contributed by atoms with Crippen LogP contribution in [0.5, 0.6) is 0 Å². The first-order valence-corrected chi connectivity index (χ1v) is 14.9. The van der Waals surface area contributed by atoms with E-state index in [1.165, 1.54) is 82.4 Å². The molecule has 0 atom stereocenters. The van der Waals surface area contributed by atoms with Gasteiger partial charge in [-0.3, -0.25) is 9.97 Å². The van der Waals surface area contributed by atoms with E-state index in [-0.39, 0.29) is 5.41 Å². The fraction of sp³-hybridized carbons (Fsp3) is 0.0732. The fourth-order valence-corrected chi connectivity index (χ4v) is 7.46.